The molecular weight excluding hydrogens is 383 g/mol. The summed E-state index contributed by atoms with van der Waals surface area (Å²) in [6.45, 7) is 10.7. The Balaban J connectivity index is 1.78. The van der Waals surface area contributed by atoms with Crippen LogP contribution in [-0.4, -0.2) is 46.3 Å². The minimum Gasteiger partial charge on any atom is -0.349 e. The molecule has 30 heavy (non-hydrogen) atoms. The van der Waals surface area contributed by atoms with Crippen molar-refractivity contribution in [2.75, 3.05) is 19.6 Å². The van der Waals surface area contributed by atoms with Crippen LogP contribution in [0.15, 0.2) is 35.1 Å². The smallest absolute Gasteiger partial charge is 0.275 e. The molecule has 7 heteroatoms. The van der Waals surface area contributed by atoms with Crippen LogP contribution in [-0.2, 0) is 0 Å². The molecule has 3 rings (SSSR count). The SMILES string of the molecule is Cc1cc(=O)c(C(=O)NCC(C(C)C)N2CCC(C)CC2)nn1-c1ccccc1F. The fourth-order valence-electron chi connectivity index (χ4n) is 4.00. The molecule has 1 aliphatic rings. The molecule has 1 atom stereocenters. The first-order valence-electron chi connectivity index (χ1n) is 10.7. The molecule has 1 saturated heterocycles. The van der Waals surface area contributed by atoms with Gasteiger partial charge in [0, 0.05) is 24.3 Å². The molecule has 1 unspecified atom stereocenters. The van der Waals surface area contributed by atoms with E-state index in [4.69, 9.17) is 0 Å². The van der Waals surface area contributed by atoms with Gasteiger partial charge >= 0.3 is 0 Å². The molecule has 1 amide bonds. The number of hydrogen-bond donors (Lipinski definition) is 1. The van der Waals surface area contributed by atoms with Gasteiger partial charge in [-0.2, -0.15) is 5.10 Å². The lowest BCUT2D eigenvalue weighted by Crippen LogP contribution is -2.50. The van der Waals surface area contributed by atoms with E-state index in [-0.39, 0.29) is 17.4 Å². The summed E-state index contributed by atoms with van der Waals surface area (Å²) >= 11 is 0. The molecule has 1 aliphatic heterocycles. The molecule has 1 fully saturated rings. The molecule has 1 aromatic heterocycles. The summed E-state index contributed by atoms with van der Waals surface area (Å²) < 4.78 is 15.5. The van der Waals surface area contributed by atoms with Gasteiger partial charge < -0.3 is 5.32 Å². The van der Waals surface area contributed by atoms with Gasteiger partial charge in [-0.05, 0) is 56.8 Å². The number of hydrogen-bond acceptors (Lipinski definition) is 4. The fourth-order valence-corrected chi connectivity index (χ4v) is 4.00. The summed E-state index contributed by atoms with van der Waals surface area (Å²) in [5, 5.41) is 7.08. The third-order valence-corrected chi connectivity index (χ3v) is 5.93. The van der Waals surface area contributed by atoms with Crippen molar-refractivity contribution in [3.05, 3.63) is 57.8 Å². The van der Waals surface area contributed by atoms with Gasteiger partial charge in [-0.3, -0.25) is 14.5 Å². The number of carbonyl (C=O) groups excluding carboxylic acids is 1. The summed E-state index contributed by atoms with van der Waals surface area (Å²) in [6, 6.07) is 7.66. The zero-order valence-corrected chi connectivity index (χ0v) is 18.2. The van der Waals surface area contributed by atoms with Crippen molar-refractivity contribution in [3.8, 4) is 5.69 Å². The third-order valence-electron chi connectivity index (χ3n) is 5.93. The largest absolute Gasteiger partial charge is 0.349 e. The molecule has 2 heterocycles. The summed E-state index contributed by atoms with van der Waals surface area (Å²) in [4.78, 5) is 27.7. The summed E-state index contributed by atoms with van der Waals surface area (Å²) in [5.74, 6) is 0.0976. The number of nitrogens with one attached hydrogen (secondary N) is 1. The molecule has 2 aromatic rings. The Hall–Kier alpha value is -2.54. The molecule has 0 aliphatic carbocycles. The van der Waals surface area contributed by atoms with Gasteiger partial charge in [-0.25, -0.2) is 9.07 Å². The minimum absolute atomic E-state index is 0.195. The highest BCUT2D eigenvalue weighted by Crippen LogP contribution is 2.21. The lowest BCUT2D eigenvalue weighted by Gasteiger charge is -2.38. The first kappa shape index (κ1) is 22.2. The number of para-hydroxylation sites is 1. The first-order chi connectivity index (χ1) is 14.3. The Morgan fingerprint density at radius 3 is 2.57 bits per heavy atom. The van der Waals surface area contributed by atoms with Crippen LogP contribution in [0.5, 0.6) is 0 Å². The van der Waals surface area contributed by atoms with E-state index in [0.29, 0.717) is 18.2 Å². The van der Waals surface area contributed by atoms with Gasteiger partial charge in [-0.15, -0.1) is 0 Å². The van der Waals surface area contributed by atoms with Crippen LogP contribution in [0.25, 0.3) is 5.69 Å². The Morgan fingerprint density at radius 2 is 1.93 bits per heavy atom. The molecule has 0 saturated carbocycles. The van der Waals surface area contributed by atoms with E-state index < -0.39 is 17.2 Å². The molecule has 1 aromatic carbocycles. The number of amides is 1. The average molecular weight is 415 g/mol. The third kappa shape index (κ3) is 4.95. The van der Waals surface area contributed by atoms with Crippen molar-refractivity contribution >= 4 is 5.91 Å². The molecule has 6 nitrogen and oxygen atoms in total. The number of rotatable bonds is 6. The normalized spacial score (nSPS) is 16.6. The van der Waals surface area contributed by atoms with Gasteiger partial charge in [0.2, 0.25) is 5.43 Å². The van der Waals surface area contributed by atoms with Gasteiger partial charge in [0.05, 0.1) is 0 Å². The van der Waals surface area contributed by atoms with Crippen LogP contribution >= 0.6 is 0 Å². The average Bonchev–Trinajstić information content (AvgIpc) is 2.70. The maximum Gasteiger partial charge on any atom is 0.275 e. The van der Waals surface area contributed by atoms with E-state index in [9.17, 15) is 14.0 Å². The van der Waals surface area contributed by atoms with Crippen molar-refractivity contribution in [1.29, 1.82) is 0 Å². The highest BCUT2D eigenvalue weighted by atomic mass is 19.1. The van der Waals surface area contributed by atoms with E-state index in [1.807, 2.05) is 0 Å². The van der Waals surface area contributed by atoms with E-state index in [2.05, 4.69) is 36.1 Å². The lowest BCUT2D eigenvalue weighted by atomic mass is 9.94. The van der Waals surface area contributed by atoms with E-state index in [1.54, 1.807) is 25.1 Å². The van der Waals surface area contributed by atoms with Crippen LogP contribution in [0.2, 0.25) is 0 Å². The number of benzene rings is 1. The monoisotopic (exact) mass is 414 g/mol. The van der Waals surface area contributed by atoms with Gasteiger partial charge in [0.1, 0.15) is 11.5 Å². The van der Waals surface area contributed by atoms with Crippen molar-refractivity contribution in [2.24, 2.45) is 11.8 Å². The van der Waals surface area contributed by atoms with Crippen molar-refractivity contribution in [2.45, 2.75) is 46.6 Å². The topological polar surface area (TPSA) is 67.2 Å². The van der Waals surface area contributed by atoms with Crippen LogP contribution in [0.1, 0.15) is 49.8 Å². The van der Waals surface area contributed by atoms with Crippen LogP contribution in [0, 0.1) is 24.6 Å². The minimum atomic E-state index is -0.527. The van der Waals surface area contributed by atoms with Crippen LogP contribution in [0.3, 0.4) is 0 Å². The highest BCUT2D eigenvalue weighted by Gasteiger charge is 2.26. The number of likely N-dealkylation sites (tertiary alicyclic amines) is 1. The zero-order valence-electron chi connectivity index (χ0n) is 18.2. The second kappa shape index (κ2) is 9.51. The number of nitrogens with zero attached hydrogens (tertiary/aromatic N) is 3. The Morgan fingerprint density at radius 1 is 1.27 bits per heavy atom. The lowest BCUT2D eigenvalue weighted by molar-refractivity contribution is 0.0856. The second-order valence-electron chi connectivity index (χ2n) is 8.60. The second-order valence-corrected chi connectivity index (χ2v) is 8.60. The fraction of sp³-hybridized carbons (Fsp3) is 0.522. The molecule has 0 spiro atoms. The van der Waals surface area contributed by atoms with Crippen molar-refractivity contribution < 1.29 is 9.18 Å². The molecule has 162 valence electrons. The van der Waals surface area contributed by atoms with Gasteiger partial charge in [0.25, 0.3) is 5.91 Å². The first-order valence-corrected chi connectivity index (χ1v) is 10.7. The van der Waals surface area contributed by atoms with Crippen molar-refractivity contribution in [3.63, 3.8) is 0 Å². The number of aromatic nitrogens is 2. The Kier molecular flexibility index (Phi) is 7.02. The molecule has 1 N–H and O–H groups in total. The molecule has 0 radical (unpaired) electrons. The standard InChI is InChI=1S/C23H31FN4O2/c1-15(2)20(27-11-9-16(3)10-12-27)14-25-23(30)22-21(29)13-17(4)28(26-22)19-8-6-5-7-18(19)24/h5-8,13,15-16,20H,9-12,14H2,1-4H3,(H,25,30). The Bertz CT molecular complexity index is 948. The zero-order chi connectivity index (χ0) is 21.8. The molecular formula is C23H31FN4O2. The number of piperidine rings is 1. The number of aryl methyl sites for hydroxylation is 1. The van der Waals surface area contributed by atoms with E-state index in [1.165, 1.54) is 16.8 Å². The summed E-state index contributed by atoms with van der Waals surface area (Å²) in [7, 11) is 0. The Labute approximate surface area is 177 Å². The maximum absolute atomic E-state index is 14.2. The van der Waals surface area contributed by atoms with Gasteiger partial charge in [-0.1, -0.05) is 32.9 Å². The predicted molar refractivity (Wildman–Crippen MR) is 115 cm³/mol. The van der Waals surface area contributed by atoms with Gasteiger partial charge in [0.15, 0.2) is 5.69 Å². The summed E-state index contributed by atoms with van der Waals surface area (Å²) in [6.07, 6.45) is 2.31. The number of halogens is 1. The van der Waals surface area contributed by atoms with E-state index >= 15 is 0 Å². The highest BCUT2D eigenvalue weighted by molar-refractivity contribution is 5.92. The predicted octanol–water partition coefficient (Wildman–Crippen LogP) is 3.17. The van der Waals surface area contributed by atoms with Crippen LogP contribution in [0.4, 0.5) is 4.39 Å². The quantitative estimate of drug-likeness (QED) is 0.789. The number of carbonyl (C=O) groups is 1. The molecule has 0 bridgehead atoms. The van der Waals surface area contributed by atoms with E-state index in [0.717, 1.165) is 31.8 Å². The summed E-state index contributed by atoms with van der Waals surface area (Å²) in [5.41, 5.74) is -0.0280. The maximum atomic E-state index is 14.2. The van der Waals surface area contributed by atoms with Crippen molar-refractivity contribution in [1.82, 2.24) is 20.0 Å². The van der Waals surface area contributed by atoms with Crippen LogP contribution < -0.4 is 10.7 Å².